The van der Waals surface area contributed by atoms with Crippen LogP contribution in [0.25, 0.3) is 0 Å². The molecule has 0 bridgehead atoms. The maximum atomic E-state index is 9.33. The Labute approximate surface area is 63.3 Å². The molecule has 4 N–H and O–H groups in total. The van der Waals surface area contributed by atoms with Gasteiger partial charge in [-0.2, -0.15) is 0 Å². The summed E-state index contributed by atoms with van der Waals surface area (Å²) in [4.78, 5) is 30.4. The fourth-order valence-electron chi connectivity index (χ4n) is 0. The van der Waals surface area contributed by atoms with Gasteiger partial charge in [0.05, 0.1) is 0 Å². The standard InChI is InChI=1S/CH5O3P.H3O3PS/c1-4-5(2)3;1-4(2,3)5/h5H,1H3,(H,2,3);(H3,1,2,3,5). The van der Waals surface area contributed by atoms with E-state index in [9.17, 15) is 4.57 Å². The predicted molar refractivity (Wildman–Crippen MR) is 39.2 cm³/mol. The summed E-state index contributed by atoms with van der Waals surface area (Å²) in [6, 6.07) is 0. The lowest BCUT2D eigenvalue weighted by Gasteiger charge is -1.88. The van der Waals surface area contributed by atoms with E-state index in [1.807, 2.05) is 0 Å². The van der Waals surface area contributed by atoms with Crippen molar-refractivity contribution in [3.63, 3.8) is 0 Å². The Morgan fingerprint density at radius 2 is 1.60 bits per heavy atom. The first kappa shape index (κ1) is 13.3. The zero-order valence-corrected chi connectivity index (χ0v) is 7.67. The Hall–Kier alpha value is 0.680. The van der Waals surface area contributed by atoms with Crippen LogP contribution in [-0.4, -0.2) is 26.7 Å². The van der Waals surface area contributed by atoms with Crippen LogP contribution in [0.4, 0.5) is 0 Å². The highest BCUT2D eigenvalue weighted by Crippen LogP contribution is 2.26. The predicted octanol–water partition coefficient (Wildman–Crippen LogP) is -0.797. The van der Waals surface area contributed by atoms with Gasteiger partial charge < -0.3 is 24.1 Å². The largest absolute Gasteiger partial charge is 0.326 e. The van der Waals surface area contributed by atoms with Crippen molar-refractivity contribution in [2.75, 3.05) is 7.11 Å². The molecule has 0 saturated carbocycles. The highest BCUT2D eigenvalue weighted by atomic mass is 32.5. The van der Waals surface area contributed by atoms with Crippen LogP contribution in [0.15, 0.2) is 0 Å². The molecule has 0 aliphatic rings. The van der Waals surface area contributed by atoms with Crippen LogP contribution in [0.1, 0.15) is 0 Å². The molecule has 64 valence electrons. The van der Waals surface area contributed by atoms with Crippen LogP contribution in [0.3, 0.4) is 0 Å². The molecular formula is CH8O6P2S. The minimum atomic E-state index is -3.81. The number of hydrogen-bond acceptors (Lipinski definition) is 3. The van der Waals surface area contributed by atoms with Crippen molar-refractivity contribution in [2.45, 2.75) is 0 Å². The zero-order valence-electron chi connectivity index (χ0n) is 4.96. The highest BCUT2D eigenvalue weighted by Gasteiger charge is 1.92. The molecule has 0 aliphatic heterocycles. The fraction of sp³-hybridized carbons (Fsp3) is 1.00. The maximum absolute atomic E-state index is 9.33. The summed E-state index contributed by atoms with van der Waals surface area (Å²) >= 11 is 3.60. The topological polar surface area (TPSA) is 107 Å². The molecular weight excluding hydrogens is 202 g/mol. The van der Waals surface area contributed by atoms with Crippen molar-refractivity contribution in [3.05, 3.63) is 0 Å². The van der Waals surface area contributed by atoms with Gasteiger partial charge in [-0.15, -0.1) is 0 Å². The van der Waals surface area contributed by atoms with Crippen molar-refractivity contribution in [2.24, 2.45) is 0 Å². The molecule has 0 aliphatic carbocycles. The first-order valence-electron chi connectivity index (χ1n) is 1.82. The molecule has 0 amide bonds. The highest BCUT2D eigenvalue weighted by molar-refractivity contribution is 8.06. The molecule has 10 heavy (non-hydrogen) atoms. The molecule has 0 saturated heterocycles. The summed E-state index contributed by atoms with van der Waals surface area (Å²) in [5, 5.41) is 0. The Kier molecular flexibility index (Phi) is 8.49. The molecule has 0 fully saturated rings. The first-order valence-corrected chi connectivity index (χ1v) is 5.75. The van der Waals surface area contributed by atoms with E-state index in [4.69, 9.17) is 19.6 Å². The molecule has 0 rings (SSSR count). The van der Waals surface area contributed by atoms with Crippen molar-refractivity contribution in [1.82, 2.24) is 0 Å². The molecule has 0 aromatic rings. The average molecular weight is 210 g/mol. The van der Waals surface area contributed by atoms with Gasteiger partial charge in [-0.25, -0.2) is 0 Å². The van der Waals surface area contributed by atoms with Gasteiger partial charge in [-0.05, 0) is 11.8 Å². The first-order chi connectivity index (χ1) is 4.27. The molecule has 9 heteroatoms. The van der Waals surface area contributed by atoms with Crippen LogP contribution >= 0.6 is 15.0 Å². The minimum Gasteiger partial charge on any atom is -0.326 e. The quantitative estimate of drug-likeness (QED) is 0.420. The number of hydrogen-bond donors (Lipinski definition) is 4. The van der Waals surface area contributed by atoms with Crippen molar-refractivity contribution in [3.8, 4) is 0 Å². The second kappa shape index (κ2) is 6.39. The Morgan fingerprint density at radius 1 is 1.50 bits per heavy atom. The lowest BCUT2D eigenvalue weighted by atomic mass is 11.8. The second-order valence-electron chi connectivity index (χ2n) is 0.983. The van der Waals surface area contributed by atoms with Crippen LogP contribution in [0.5, 0.6) is 0 Å². The van der Waals surface area contributed by atoms with E-state index in [1.54, 1.807) is 0 Å². The number of rotatable bonds is 1. The monoisotopic (exact) mass is 210 g/mol. The smallest absolute Gasteiger partial charge is 0.319 e. The molecule has 6 nitrogen and oxygen atoms in total. The van der Waals surface area contributed by atoms with Gasteiger partial charge in [-0.3, -0.25) is 4.57 Å². The van der Waals surface area contributed by atoms with E-state index in [0.717, 1.165) is 0 Å². The van der Waals surface area contributed by atoms with Gasteiger partial charge in [0.2, 0.25) is 0 Å². The summed E-state index contributed by atoms with van der Waals surface area (Å²) < 4.78 is 13.2. The molecule has 0 heterocycles. The van der Waals surface area contributed by atoms with Crippen molar-refractivity contribution in [1.29, 1.82) is 0 Å². The van der Waals surface area contributed by atoms with Crippen LogP contribution in [0.2, 0.25) is 0 Å². The molecule has 0 aromatic carbocycles. The zero-order chi connectivity index (χ0) is 8.78. The Morgan fingerprint density at radius 3 is 1.60 bits per heavy atom. The lowest BCUT2D eigenvalue weighted by Crippen LogP contribution is -1.65. The second-order valence-corrected chi connectivity index (χ2v) is 4.42. The van der Waals surface area contributed by atoms with Crippen LogP contribution in [-0.2, 0) is 20.9 Å². The van der Waals surface area contributed by atoms with Gasteiger partial charge in [-0.1, -0.05) is 0 Å². The van der Waals surface area contributed by atoms with Gasteiger partial charge in [0.1, 0.15) is 0 Å². The molecule has 1 unspecified atom stereocenters. The van der Waals surface area contributed by atoms with Gasteiger partial charge in [0.15, 0.2) is 0 Å². The van der Waals surface area contributed by atoms with Gasteiger partial charge in [0, 0.05) is 7.11 Å². The van der Waals surface area contributed by atoms with E-state index in [1.165, 1.54) is 7.11 Å². The molecule has 0 spiro atoms. The van der Waals surface area contributed by atoms with E-state index in [2.05, 4.69) is 16.3 Å². The fourth-order valence-corrected chi connectivity index (χ4v) is 0. The minimum absolute atomic E-state index is 1.18. The summed E-state index contributed by atoms with van der Waals surface area (Å²) in [6.07, 6.45) is 0. The summed E-state index contributed by atoms with van der Waals surface area (Å²) in [5.74, 6) is 0. The van der Waals surface area contributed by atoms with E-state index >= 15 is 0 Å². The van der Waals surface area contributed by atoms with E-state index in [-0.39, 0.29) is 0 Å². The van der Waals surface area contributed by atoms with Crippen molar-refractivity contribution >= 4 is 26.8 Å². The van der Waals surface area contributed by atoms with Crippen molar-refractivity contribution < 1.29 is 28.7 Å². The molecule has 0 aromatic heterocycles. The Balaban J connectivity index is 0. The summed E-state index contributed by atoms with van der Waals surface area (Å²) in [5.41, 5.74) is 0. The van der Waals surface area contributed by atoms with E-state index in [0.29, 0.717) is 0 Å². The van der Waals surface area contributed by atoms with Crippen LogP contribution in [0, 0.1) is 0 Å². The SMILES string of the molecule is CO[PH](=O)O.OP(O)(O)=S. The Bertz CT molecular complexity index is 130. The molecule has 1 atom stereocenters. The van der Waals surface area contributed by atoms with Gasteiger partial charge in [0.25, 0.3) is 0 Å². The maximum Gasteiger partial charge on any atom is 0.319 e. The van der Waals surface area contributed by atoms with Crippen LogP contribution < -0.4 is 0 Å². The van der Waals surface area contributed by atoms with E-state index < -0.39 is 15.0 Å². The average Bonchev–Trinajstić information content (AvgIpc) is 1.61. The third-order valence-corrected chi connectivity index (χ3v) is 0.524. The van der Waals surface area contributed by atoms with Gasteiger partial charge >= 0.3 is 15.0 Å². The molecule has 0 radical (unpaired) electrons. The lowest BCUT2D eigenvalue weighted by molar-refractivity contribution is 0.343. The third-order valence-electron chi connectivity index (χ3n) is 0.175. The summed E-state index contributed by atoms with van der Waals surface area (Å²) in [7, 11) is -1.44. The normalized spacial score (nSPS) is 13.3. The summed E-state index contributed by atoms with van der Waals surface area (Å²) in [6.45, 7) is -3.81. The third kappa shape index (κ3) is 71.3.